The average Bonchev–Trinajstić information content (AvgIpc) is 2.89. The molecule has 0 unspecified atom stereocenters. The maximum atomic E-state index is 11.8. The molecule has 2 rings (SSSR count). The maximum Gasteiger partial charge on any atom is 0.235 e. The van der Waals surface area contributed by atoms with Crippen LogP contribution in [0.4, 0.5) is 0 Å². The van der Waals surface area contributed by atoms with E-state index in [1.54, 1.807) is 12.1 Å². The third kappa shape index (κ3) is 3.29. The van der Waals surface area contributed by atoms with Gasteiger partial charge < -0.3 is 9.15 Å². The number of hydrogen-bond donors (Lipinski definition) is 0. The van der Waals surface area contributed by atoms with Gasteiger partial charge in [0.25, 0.3) is 0 Å². The van der Waals surface area contributed by atoms with Crippen LogP contribution in [-0.2, 0) is 5.41 Å². The van der Waals surface area contributed by atoms with Crippen molar-refractivity contribution in [2.45, 2.75) is 33.1 Å². The lowest BCUT2D eigenvalue weighted by Crippen LogP contribution is -2.13. The summed E-state index contributed by atoms with van der Waals surface area (Å²) in [6.07, 6.45) is 1.48. The standard InChI is InChI=1S/C17H20O3/c1-12-10-13(17(2,3)4)7-8-15(12)20-11-14(18)16-6-5-9-19-16/h5-10H,11H2,1-4H3. The van der Waals surface area contributed by atoms with E-state index in [0.717, 1.165) is 11.3 Å². The number of rotatable bonds is 4. The fraction of sp³-hybridized carbons (Fsp3) is 0.353. The lowest BCUT2D eigenvalue weighted by atomic mass is 9.86. The molecule has 0 amide bonds. The van der Waals surface area contributed by atoms with E-state index >= 15 is 0 Å². The van der Waals surface area contributed by atoms with Gasteiger partial charge in [-0.3, -0.25) is 4.79 Å². The van der Waals surface area contributed by atoms with Crippen LogP contribution in [0.1, 0.15) is 42.5 Å². The summed E-state index contributed by atoms with van der Waals surface area (Å²) in [6, 6.07) is 9.40. The molecule has 0 N–H and O–H groups in total. The van der Waals surface area contributed by atoms with Gasteiger partial charge in [0.1, 0.15) is 5.75 Å². The molecule has 3 nitrogen and oxygen atoms in total. The Labute approximate surface area is 119 Å². The van der Waals surface area contributed by atoms with E-state index in [9.17, 15) is 4.79 Å². The topological polar surface area (TPSA) is 39.4 Å². The Balaban J connectivity index is 2.06. The first kappa shape index (κ1) is 14.4. The Bertz CT molecular complexity index is 589. The molecule has 0 aliphatic rings. The Morgan fingerprint density at radius 3 is 2.55 bits per heavy atom. The molecule has 106 valence electrons. The smallest absolute Gasteiger partial charge is 0.235 e. The van der Waals surface area contributed by atoms with Crippen LogP contribution in [-0.4, -0.2) is 12.4 Å². The van der Waals surface area contributed by atoms with Crippen molar-refractivity contribution in [3.63, 3.8) is 0 Å². The van der Waals surface area contributed by atoms with Crippen molar-refractivity contribution < 1.29 is 13.9 Å². The van der Waals surface area contributed by atoms with Gasteiger partial charge in [0.2, 0.25) is 5.78 Å². The SMILES string of the molecule is Cc1cc(C(C)(C)C)ccc1OCC(=O)c1ccco1. The Hall–Kier alpha value is -2.03. The van der Waals surface area contributed by atoms with Gasteiger partial charge in [0, 0.05) is 0 Å². The molecule has 0 bridgehead atoms. The van der Waals surface area contributed by atoms with Crippen LogP contribution in [0.15, 0.2) is 41.0 Å². The van der Waals surface area contributed by atoms with Gasteiger partial charge in [-0.2, -0.15) is 0 Å². The molecule has 0 saturated carbocycles. The van der Waals surface area contributed by atoms with Crippen molar-refractivity contribution in [2.24, 2.45) is 0 Å². The molecule has 0 saturated heterocycles. The average molecular weight is 272 g/mol. The molecule has 0 fully saturated rings. The highest BCUT2D eigenvalue weighted by atomic mass is 16.5. The lowest BCUT2D eigenvalue weighted by Gasteiger charge is -2.20. The Morgan fingerprint density at radius 2 is 2.00 bits per heavy atom. The van der Waals surface area contributed by atoms with Gasteiger partial charge in [-0.1, -0.05) is 32.9 Å². The number of ether oxygens (including phenoxy) is 1. The van der Waals surface area contributed by atoms with E-state index in [-0.39, 0.29) is 17.8 Å². The highest BCUT2D eigenvalue weighted by molar-refractivity contribution is 5.94. The molecule has 3 heteroatoms. The Morgan fingerprint density at radius 1 is 1.25 bits per heavy atom. The van der Waals surface area contributed by atoms with Crippen LogP contribution < -0.4 is 4.74 Å². The van der Waals surface area contributed by atoms with Gasteiger partial charge in [-0.15, -0.1) is 0 Å². The number of aryl methyl sites for hydroxylation is 1. The monoisotopic (exact) mass is 272 g/mol. The highest BCUT2D eigenvalue weighted by Crippen LogP contribution is 2.27. The second-order valence-electron chi connectivity index (χ2n) is 5.92. The van der Waals surface area contributed by atoms with E-state index < -0.39 is 0 Å². The molecule has 0 radical (unpaired) electrons. The van der Waals surface area contributed by atoms with Crippen LogP contribution in [0.3, 0.4) is 0 Å². The number of benzene rings is 1. The molecule has 1 aromatic carbocycles. The Kier molecular flexibility index (Phi) is 3.98. The van der Waals surface area contributed by atoms with Crippen molar-refractivity contribution in [3.05, 3.63) is 53.5 Å². The van der Waals surface area contributed by atoms with E-state index in [4.69, 9.17) is 9.15 Å². The minimum absolute atomic E-state index is 0.0107. The summed E-state index contributed by atoms with van der Waals surface area (Å²) in [6.45, 7) is 8.49. The van der Waals surface area contributed by atoms with Gasteiger partial charge in [-0.05, 0) is 41.7 Å². The van der Waals surface area contributed by atoms with Crippen LogP contribution in [0.2, 0.25) is 0 Å². The highest BCUT2D eigenvalue weighted by Gasteiger charge is 2.15. The molecule has 0 aliphatic heterocycles. The normalized spacial score (nSPS) is 11.4. The molecule has 0 atom stereocenters. The van der Waals surface area contributed by atoms with Crippen molar-refractivity contribution >= 4 is 5.78 Å². The zero-order chi connectivity index (χ0) is 14.8. The van der Waals surface area contributed by atoms with E-state index in [1.807, 2.05) is 19.1 Å². The summed E-state index contributed by atoms with van der Waals surface area (Å²) in [7, 11) is 0. The molecule has 1 heterocycles. The number of carbonyl (C=O) groups excluding carboxylic acids is 1. The summed E-state index contributed by atoms with van der Waals surface area (Å²) in [5.41, 5.74) is 2.39. The largest absolute Gasteiger partial charge is 0.485 e. The second-order valence-corrected chi connectivity index (χ2v) is 5.92. The minimum Gasteiger partial charge on any atom is -0.485 e. The lowest BCUT2D eigenvalue weighted by molar-refractivity contribution is 0.0893. The maximum absolute atomic E-state index is 11.8. The summed E-state index contributed by atoms with van der Waals surface area (Å²) in [4.78, 5) is 11.8. The van der Waals surface area contributed by atoms with Crippen LogP contribution in [0.25, 0.3) is 0 Å². The fourth-order valence-corrected chi connectivity index (χ4v) is 1.93. The van der Waals surface area contributed by atoms with Crippen LogP contribution in [0, 0.1) is 6.92 Å². The minimum atomic E-state index is -0.158. The third-order valence-corrected chi connectivity index (χ3v) is 3.20. The summed E-state index contributed by atoms with van der Waals surface area (Å²) < 4.78 is 10.6. The predicted molar refractivity (Wildman–Crippen MR) is 78.4 cm³/mol. The quantitative estimate of drug-likeness (QED) is 0.785. The molecular weight excluding hydrogens is 252 g/mol. The number of furan rings is 1. The van der Waals surface area contributed by atoms with Gasteiger partial charge in [0.05, 0.1) is 6.26 Å². The zero-order valence-electron chi connectivity index (χ0n) is 12.4. The first-order valence-electron chi connectivity index (χ1n) is 6.68. The molecule has 1 aromatic heterocycles. The molecule has 0 spiro atoms. The second kappa shape index (κ2) is 5.53. The van der Waals surface area contributed by atoms with Gasteiger partial charge in [0.15, 0.2) is 12.4 Å². The summed E-state index contributed by atoms with van der Waals surface area (Å²) in [5, 5.41) is 0. The van der Waals surface area contributed by atoms with Crippen molar-refractivity contribution in [1.29, 1.82) is 0 Å². The number of ketones is 1. The fourth-order valence-electron chi connectivity index (χ4n) is 1.93. The van der Waals surface area contributed by atoms with Gasteiger partial charge in [-0.25, -0.2) is 0 Å². The van der Waals surface area contributed by atoms with Crippen molar-refractivity contribution in [3.8, 4) is 5.75 Å². The third-order valence-electron chi connectivity index (χ3n) is 3.20. The van der Waals surface area contributed by atoms with E-state index in [0.29, 0.717) is 5.76 Å². The zero-order valence-corrected chi connectivity index (χ0v) is 12.4. The molecule has 20 heavy (non-hydrogen) atoms. The van der Waals surface area contributed by atoms with E-state index in [2.05, 4.69) is 26.8 Å². The number of hydrogen-bond acceptors (Lipinski definition) is 3. The number of carbonyl (C=O) groups is 1. The molecule has 0 aliphatic carbocycles. The van der Waals surface area contributed by atoms with Crippen LogP contribution >= 0.6 is 0 Å². The number of Topliss-reactive ketones (excluding diaryl/α,β-unsaturated/α-hetero) is 1. The van der Waals surface area contributed by atoms with Crippen LogP contribution in [0.5, 0.6) is 5.75 Å². The summed E-state index contributed by atoms with van der Waals surface area (Å²) >= 11 is 0. The molecule has 2 aromatic rings. The summed E-state index contributed by atoms with van der Waals surface area (Å²) in [5.74, 6) is 0.904. The predicted octanol–water partition coefficient (Wildman–Crippen LogP) is 4.15. The molecular formula is C17H20O3. The first-order valence-corrected chi connectivity index (χ1v) is 6.68. The van der Waals surface area contributed by atoms with Gasteiger partial charge >= 0.3 is 0 Å². The van der Waals surface area contributed by atoms with Crippen molar-refractivity contribution in [2.75, 3.05) is 6.61 Å². The van der Waals surface area contributed by atoms with E-state index in [1.165, 1.54) is 11.8 Å². The first-order chi connectivity index (χ1) is 9.38. The van der Waals surface area contributed by atoms with Crippen molar-refractivity contribution in [1.82, 2.24) is 0 Å².